The van der Waals surface area contributed by atoms with Crippen LogP contribution in [0, 0.1) is 5.41 Å². The summed E-state index contributed by atoms with van der Waals surface area (Å²) in [7, 11) is 0. The van der Waals surface area contributed by atoms with Gasteiger partial charge in [0, 0.05) is 24.6 Å². The number of ether oxygens (including phenoxy) is 2. The first-order valence-corrected chi connectivity index (χ1v) is 16.0. The van der Waals surface area contributed by atoms with Crippen molar-refractivity contribution < 1.29 is 58.7 Å². The predicted octanol–water partition coefficient (Wildman–Crippen LogP) is 2.03. The third kappa shape index (κ3) is 10.7. The minimum Gasteiger partial charge on any atom is -0.508 e. The first-order valence-electron chi connectivity index (χ1n) is 16.0. The summed E-state index contributed by atoms with van der Waals surface area (Å²) in [4.78, 5) is 75.0. The summed E-state index contributed by atoms with van der Waals surface area (Å²) in [5.41, 5.74) is 7.14. The molecule has 10 N–H and O–H groups in total. The van der Waals surface area contributed by atoms with Crippen LogP contribution in [-0.4, -0.2) is 80.8 Å². The number of guanidine groups is 1. The Labute approximate surface area is 296 Å². The molecule has 0 spiro atoms. The molecule has 3 aromatic carbocycles. The number of hydrogen-bond acceptors (Lipinski definition) is 10. The second kappa shape index (κ2) is 17.3. The molecule has 274 valence electrons. The molecule has 1 heterocycles. The first kappa shape index (κ1) is 38.2. The maximum absolute atomic E-state index is 14.0. The number of nitrogens with one attached hydrogen (secondary N) is 4. The van der Waals surface area contributed by atoms with Crippen molar-refractivity contribution in [3.8, 4) is 17.2 Å². The number of nitrogens with two attached hydrogens (primary N) is 1. The SMILES string of the molecule is N=C(N)Nc1ccc2c(c1)CCCOc1c(ccc(CCC(=O)NC(CC(=O)O)CC(=O)O)c1C(=O)N[C@@H](Cc1ccc(O)cc1)C(=O)O)OC2=O. The summed E-state index contributed by atoms with van der Waals surface area (Å²) < 4.78 is 11.7. The molecular weight excluding hydrogens is 682 g/mol. The maximum Gasteiger partial charge on any atom is 0.343 e. The Morgan fingerprint density at radius 1 is 0.923 bits per heavy atom. The number of phenols is 1. The first-order chi connectivity index (χ1) is 24.7. The highest BCUT2D eigenvalue weighted by Crippen LogP contribution is 2.37. The van der Waals surface area contributed by atoms with Gasteiger partial charge in [-0.3, -0.25) is 24.6 Å². The number of rotatable bonds is 14. The van der Waals surface area contributed by atoms with Gasteiger partial charge in [0.2, 0.25) is 5.91 Å². The zero-order chi connectivity index (χ0) is 37.9. The number of carboxylic acids is 3. The number of aliphatic carboxylic acids is 3. The van der Waals surface area contributed by atoms with Gasteiger partial charge in [-0.2, -0.15) is 0 Å². The number of esters is 1. The fourth-order valence-corrected chi connectivity index (χ4v) is 5.55. The van der Waals surface area contributed by atoms with Crippen molar-refractivity contribution in [1.29, 1.82) is 5.41 Å². The third-order valence-corrected chi connectivity index (χ3v) is 7.89. The molecule has 0 unspecified atom stereocenters. The number of phenolic OH excluding ortho intramolecular Hbond substituents is 1. The zero-order valence-electron chi connectivity index (χ0n) is 27.6. The van der Waals surface area contributed by atoms with E-state index in [9.17, 15) is 39.0 Å². The second-order valence-electron chi connectivity index (χ2n) is 11.9. The quantitative estimate of drug-likeness (QED) is 0.0499. The highest BCUT2D eigenvalue weighted by atomic mass is 16.6. The van der Waals surface area contributed by atoms with Gasteiger partial charge in [0.1, 0.15) is 11.8 Å². The van der Waals surface area contributed by atoms with Crippen LogP contribution in [0.3, 0.4) is 0 Å². The molecule has 1 aliphatic rings. The van der Waals surface area contributed by atoms with E-state index in [2.05, 4.69) is 16.0 Å². The van der Waals surface area contributed by atoms with E-state index in [4.69, 9.17) is 30.8 Å². The Morgan fingerprint density at radius 2 is 1.62 bits per heavy atom. The number of carbonyl (C=O) groups is 6. The van der Waals surface area contributed by atoms with Crippen LogP contribution in [0.4, 0.5) is 5.69 Å². The summed E-state index contributed by atoms with van der Waals surface area (Å²) in [6, 6.07) is 10.5. The second-order valence-corrected chi connectivity index (χ2v) is 11.9. The van der Waals surface area contributed by atoms with Gasteiger partial charge in [-0.15, -0.1) is 0 Å². The van der Waals surface area contributed by atoms with Gasteiger partial charge in [-0.05, 0) is 72.4 Å². The van der Waals surface area contributed by atoms with Crippen molar-refractivity contribution >= 4 is 47.3 Å². The van der Waals surface area contributed by atoms with Crippen molar-refractivity contribution in [2.45, 2.75) is 57.0 Å². The summed E-state index contributed by atoms with van der Waals surface area (Å²) in [6.45, 7) is 0.000495. The molecule has 17 heteroatoms. The number of carbonyl (C=O) groups excluding carboxylic acids is 3. The topological polar surface area (TPSA) is 288 Å². The summed E-state index contributed by atoms with van der Waals surface area (Å²) in [6.07, 6.45) is -1.31. The molecule has 17 nitrogen and oxygen atoms in total. The standard InChI is InChI=1S/C35H37N5O12/c36-35(37)39-21-7-10-24-20(15-21)2-1-13-51-31-26(52-34(24)50)11-5-19(6-12-27(42)38-22(16-28(43)44)17-29(45)46)30(31)32(47)40-25(33(48)49)14-18-3-8-23(41)9-4-18/h3-5,7-11,15,22,25,41H,1-2,6,12-14,16-17H2,(H,38,42)(H,40,47)(H,43,44)(H,45,46)(H,48,49)(H4,36,37,39)/t25-/m0/s1. The molecule has 0 aliphatic carbocycles. The Balaban J connectivity index is 1.69. The van der Waals surface area contributed by atoms with Crippen molar-refractivity contribution in [2.24, 2.45) is 5.73 Å². The number of hydrogen-bond donors (Lipinski definition) is 9. The molecule has 0 radical (unpaired) electrons. The van der Waals surface area contributed by atoms with Crippen LogP contribution in [0.25, 0.3) is 0 Å². The van der Waals surface area contributed by atoms with Gasteiger partial charge in [-0.1, -0.05) is 18.2 Å². The Hall–Kier alpha value is -6.65. The van der Waals surface area contributed by atoms with Crippen LogP contribution >= 0.6 is 0 Å². The van der Waals surface area contributed by atoms with Crippen molar-refractivity contribution in [3.63, 3.8) is 0 Å². The van der Waals surface area contributed by atoms with Crippen molar-refractivity contribution in [2.75, 3.05) is 11.9 Å². The molecular formula is C35H37N5O12. The molecule has 4 rings (SSSR count). The number of amides is 2. The highest BCUT2D eigenvalue weighted by Gasteiger charge is 2.29. The number of aryl methyl sites for hydroxylation is 2. The predicted molar refractivity (Wildman–Crippen MR) is 183 cm³/mol. The lowest BCUT2D eigenvalue weighted by atomic mass is 9.98. The van der Waals surface area contributed by atoms with E-state index < -0.39 is 60.6 Å². The largest absolute Gasteiger partial charge is 0.508 e. The summed E-state index contributed by atoms with van der Waals surface area (Å²) in [5.74, 6) is -7.15. The minimum atomic E-state index is -1.47. The molecule has 2 amide bonds. The smallest absolute Gasteiger partial charge is 0.343 e. The van der Waals surface area contributed by atoms with Crippen LogP contribution in [0.5, 0.6) is 17.2 Å². The Bertz CT molecular complexity index is 1860. The maximum atomic E-state index is 14.0. The van der Waals surface area contributed by atoms with E-state index in [1.807, 2.05) is 0 Å². The number of fused-ring (bicyclic) bond motifs is 2. The summed E-state index contributed by atoms with van der Waals surface area (Å²) >= 11 is 0. The molecule has 1 aliphatic heterocycles. The molecule has 0 saturated carbocycles. The van der Waals surface area contributed by atoms with E-state index in [0.717, 1.165) is 0 Å². The van der Waals surface area contributed by atoms with Gasteiger partial charge in [0.15, 0.2) is 17.5 Å². The summed E-state index contributed by atoms with van der Waals surface area (Å²) in [5, 5.41) is 52.9. The average molecular weight is 720 g/mol. The lowest BCUT2D eigenvalue weighted by molar-refractivity contribution is -0.141. The number of benzene rings is 3. The Kier molecular flexibility index (Phi) is 12.7. The van der Waals surface area contributed by atoms with Gasteiger partial charge in [-0.25, -0.2) is 9.59 Å². The van der Waals surface area contributed by atoms with E-state index in [1.54, 1.807) is 6.07 Å². The van der Waals surface area contributed by atoms with E-state index in [0.29, 0.717) is 29.7 Å². The van der Waals surface area contributed by atoms with Gasteiger partial charge in [0.05, 0.1) is 30.6 Å². The molecule has 0 aromatic heterocycles. The minimum absolute atomic E-state index is 0.000495. The lowest BCUT2D eigenvalue weighted by Crippen LogP contribution is -2.43. The van der Waals surface area contributed by atoms with Crippen LogP contribution in [0.1, 0.15) is 63.1 Å². The molecule has 52 heavy (non-hydrogen) atoms. The van der Waals surface area contributed by atoms with Crippen LogP contribution in [0.2, 0.25) is 0 Å². The fourth-order valence-electron chi connectivity index (χ4n) is 5.55. The van der Waals surface area contributed by atoms with Crippen LogP contribution in [-0.2, 0) is 38.4 Å². The molecule has 1 atom stereocenters. The lowest BCUT2D eigenvalue weighted by Gasteiger charge is -2.22. The van der Waals surface area contributed by atoms with Gasteiger partial charge in [0.25, 0.3) is 5.91 Å². The van der Waals surface area contributed by atoms with Crippen LogP contribution < -0.4 is 31.2 Å². The van der Waals surface area contributed by atoms with E-state index in [1.165, 1.54) is 48.5 Å². The fraction of sp³-hybridized carbons (Fsp3) is 0.286. The van der Waals surface area contributed by atoms with Crippen molar-refractivity contribution in [1.82, 2.24) is 10.6 Å². The normalized spacial score (nSPS) is 12.9. The zero-order valence-corrected chi connectivity index (χ0v) is 27.6. The van der Waals surface area contributed by atoms with Gasteiger partial charge < -0.3 is 51.6 Å². The van der Waals surface area contributed by atoms with E-state index >= 15 is 0 Å². The van der Waals surface area contributed by atoms with Gasteiger partial charge >= 0.3 is 23.9 Å². The number of anilines is 1. The molecule has 3 aromatic rings. The van der Waals surface area contributed by atoms with Crippen molar-refractivity contribution in [3.05, 3.63) is 82.4 Å². The number of carboxylic acid groups (broad SMARTS) is 3. The number of aromatic hydroxyl groups is 1. The van der Waals surface area contributed by atoms with E-state index in [-0.39, 0.29) is 65.8 Å². The highest BCUT2D eigenvalue weighted by molar-refractivity contribution is 6.02. The van der Waals surface area contributed by atoms with Crippen LogP contribution in [0.15, 0.2) is 54.6 Å². The molecule has 0 bridgehead atoms. The third-order valence-electron chi connectivity index (χ3n) is 7.89. The molecule has 0 fully saturated rings. The monoisotopic (exact) mass is 719 g/mol. The average Bonchev–Trinajstić information content (AvgIpc) is 3.05. The Morgan fingerprint density at radius 3 is 2.25 bits per heavy atom. The molecule has 0 saturated heterocycles.